The summed E-state index contributed by atoms with van der Waals surface area (Å²) in [5.74, 6) is 0.422. The van der Waals surface area contributed by atoms with Gasteiger partial charge in [0.15, 0.2) is 0 Å². The summed E-state index contributed by atoms with van der Waals surface area (Å²) in [6, 6.07) is 7.91. The minimum absolute atomic E-state index is 0.0851. The first-order valence-corrected chi connectivity index (χ1v) is 10.7. The van der Waals surface area contributed by atoms with Gasteiger partial charge in [0.2, 0.25) is 5.13 Å². The molecule has 0 radical (unpaired) electrons. The molecule has 0 unspecified atom stereocenters. The number of nitrogens with zero attached hydrogens (tertiary/aromatic N) is 3. The fraction of sp³-hybridized carbons (Fsp3) is 0.429. The summed E-state index contributed by atoms with van der Waals surface area (Å²) in [6.45, 7) is 0. The number of hydrogen-bond donors (Lipinski definition) is 1. The van der Waals surface area contributed by atoms with E-state index in [9.17, 15) is 4.79 Å². The molecule has 5 nitrogen and oxygen atoms in total. The van der Waals surface area contributed by atoms with Crippen LogP contribution in [0.4, 0.5) is 5.13 Å². The SMILES string of the molecule is O=C(Nc1nnc(C2CCCCC2)s1)c1c2c(nc3ccccc13)CCC2. The van der Waals surface area contributed by atoms with Gasteiger partial charge >= 0.3 is 0 Å². The fourth-order valence-electron chi connectivity index (χ4n) is 4.43. The van der Waals surface area contributed by atoms with E-state index in [0.717, 1.165) is 52.0 Å². The number of rotatable bonds is 3. The van der Waals surface area contributed by atoms with Gasteiger partial charge < -0.3 is 0 Å². The average molecular weight is 379 g/mol. The van der Waals surface area contributed by atoms with Crippen molar-refractivity contribution in [1.82, 2.24) is 15.2 Å². The Balaban J connectivity index is 1.46. The van der Waals surface area contributed by atoms with Gasteiger partial charge in [-0.1, -0.05) is 48.8 Å². The Bertz CT molecular complexity index is 1010. The lowest BCUT2D eigenvalue weighted by Gasteiger charge is -2.18. The first-order valence-electron chi connectivity index (χ1n) is 9.85. The summed E-state index contributed by atoms with van der Waals surface area (Å²) in [7, 11) is 0. The van der Waals surface area contributed by atoms with Gasteiger partial charge in [-0.15, -0.1) is 10.2 Å². The van der Waals surface area contributed by atoms with Crippen LogP contribution in [0.15, 0.2) is 24.3 Å². The third-order valence-electron chi connectivity index (χ3n) is 5.76. The summed E-state index contributed by atoms with van der Waals surface area (Å²) in [6.07, 6.45) is 9.14. The molecule has 2 aliphatic carbocycles. The fourth-order valence-corrected chi connectivity index (χ4v) is 5.34. The predicted octanol–water partition coefficient (Wildman–Crippen LogP) is 4.88. The molecule has 1 saturated carbocycles. The first-order chi connectivity index (χ1) is 13.3. The van der Waals surface area contributed by atoms with Gasteiger partial charge in [0, 0.05) is 17.0 Å². The van der Waals surface area contributed by atoms with Gasteiger partial charge in [-0.3, -0.25) is 15.1 Å². The number of aryl methyl sites for hydroxylation is 1. The molecule has 1 N–H and O–H groups in total. The smallest absolute Gasteiger partial charge is 0.258 e. The minimum Gasteiger partial charge on any atom is -0.296 e. The lowest BCUT2D eigenvalue weighted by Crippen LogP contribution is -2.15. The Hall–Kier alpha value is -2.34. The Morgan fingerprint density at radius 3 is 2.78 bits per heavy atom. The second-order valence-corrected chi connectivity index (χ2v) is 8.53. The van der Waals surface area contributed by atoms with Crippen molar-refractivity contribution in [3.8, 4) is 0 Å². The number of carbonyl (C=O) groups is 1. The van der Waals surface area contributed by atoms with Crippen molar-refractivity contribution in [3.63, 3.8) is 0 Å². The van der Waals surface area contributed by atoms with E-state index < -0.39 is 0 Å². The van der Waals surface area contributed by atoms with Crippen LogP contribution >= 0.6 is 11.3 Å². The van der Waals surface area contributed by atoms with E-state index in [-0.39, 0.29) is 5.91 Å². The van der Waals surface area contributed by atoms with Crippen LogP contribution in [-0.4, -0.2) is 21.1 Å². The minimum atomic E-state index is -0.0851. The van der Waals surface area contributed by atoms with E-state index in [2.05, 4.69) is 15.5 Å². The van der Waals surface area contributed by atoms with Crippen molar-refractivity contribution in [3.05, 3.63) is 46.1 Å². The van der Waals surface area contributed by atoms with Crippen LogP contribution in [-0.2, 0) is 12.8 Å². The number of amides is 1. The van der Waals surface area contributed by atoms with E-state index in [1.165, 1.54) is 43.4 Å². The second-order valence-electron chi connectivity index (χ2n) is 7.52. The summed E-state index contributed by atoms with van der Waals surface area (Å²) >= 11 is 1.53. The molecule has 27 heavy (non-hydrogen) atoms. The van der Waals surface area contributed by atoms with Crippen LogP contribution in [0.3, 0.4) is 0 Å². The lowest BCUT2D eigenvalue weighted by molar-refractivity contribution is 0.102. The molecule has 1 amide bonds. The highest BCUT2D eigenvalue weighted by atomic mass is 32.1. The maximum absolute atomic E-state index is 13.2. The molecule has 0 saturated heterocycles. The standard InChI is InChI=1S/C21H22N4OS/c26-19(23-21-25-24-20(27-21)13-7-2-1-3-8-13)18-14-9-4-5-11-16(14)22-17-12-6-10-15(17)18/h4-5,9,11,13H,1-3,6-8,10,12H2,(H,23,25,26). The number of carbonyl (C=O) groups excluding carboxylic acids is 1. The molecule has 0 bridgehead atoms. The molecule has 2 aromatic heterocycles. The van der Waals surface area contributed by atoms with Crippen LogP contribution in [0, 0.1) is 0 Å². The molecule has 6 heteroatoms. The third-order valence-corrected chi connectivity index (χ3v) is 6.76. The Morgan fingerprint density at radius 2 is 1.89 bits per heavy atom. The second kappa shape index (κ2) is 7.00. The largest absolute Gasteiger partial charge is 0.296 e. The number of anilines is 1. The number of benzene rings is 1. The van der Waals surface area contributed by atoms with Gasteiger partial charge in [0.1, 0.15) is 5.01 Å². The topological polar surface area (TPSA) is 67.8 Å². The molecular weight excluding hydrogens is 356 g/mol. The molecule has 2 heterocycles. The highest BCUT2D eigenvalue weighted by Crippen LogP contribution is 2.36. The number of fused-ring (bicyclic) bond motifs is 2. The molecular formula is C21H22N4OS. The van der Waals surface area contributed by atoms with Crippen molar-refractivity contribution >= 4 is 33.3 Å². The van der Waals surface area contributed by atoms with E-state index in [0.29, 0.717) is 11.0 Å². The zero-order valence-corrected chi connectivity index (χ0v) is 16.0. The molecule has 0 aliphatic heterocycles. The number of para-hydroxylation sites is 1. The Kier molecular flexibility index (Phi) is 4.36. The molecule has 1 aromatic carbocycles. The highest BCUT2D eigenvalue weighted by Gasteiger charge is 2.25. The van der Waals surface area contributed by atoms with E-state index in [4.69, 9.17) is 4.98 Å². The monoisotopic (exact) mass is 378 g/mol. The molecule has 5 rings (SSSR count). The van der Waals surface area contributed by atoms with Crippen molar-refractivity contribution in [2.24, 2.45) is 0 Å². The van der Waals surface area contributed by atoms with Gasteiger partial charge in [-0.25, -0.2) is 0 Å². The molecule has 0 atom stereocenters. The predicted molar refractivity (Wildman–Crippen MR) is 107 cm³/mol. The van der Waals surface area contributed by atoms with Crippen LogP contribution in [0.2, 0.25) is 0 Å². The average Bonchev–Trinajstić information content (AvgIpc) is 3.36. The Morgan fingerprint density at radius 1 is 1.04 bits per heavy atom. The number of hydrogen-bond acceptors (Lipinski definition) is 5. The first kappa shape index (κ1) is 16.8. The maximum atomic E-state index is 13.2. The molecule has 138 valence electrons. The van der Waals surface area contributed by atoms with Gasteiger partial charge in [0.25, 0.3) is 5.91 Å². The lowest BCUT2D eigenvalue weighted by atomic mass is 9.90. The van der Waals surface area contributed by atoms with Crippen LogP contribution in [0.5, 0.6) is 0 Å². The Labute approximate surface area is 162 Å². The van der Waals surface area contributed by atoms with Gasteiger partial charge in [0.05, 0.1) is 11.1 Å². The van der Waals surface area contributed by atoms with Crippen molar-refractivity contribution in [2.45, 2.75) is 57.3 Å². The number of aromatic nitrogens is 3. The molecule has 0 spiro atoms. The number of pyridine rings is 1. The van der Waals surface area contributed by atoms with Crippen LogP contribution in [0.1, 0.15) is 71.1 Å². The number of nitrogens with one attached hydrogen (secondary N) is 1. The third kappa shape index (κ3) is 3.12. The van der Waals surface area contributed by atoms with Crippen LogP contribution < -0.4 is 5.32 Å². The molecule has 2 aliphatic rings. The van der Waals surface area contributed by atoms with E-state index in [1.54, 1.807) is 0 Å². The summed E-state index contributed by atoms with van der Waals surface area (Å²) in [4.78, 5) is 17.9. The maximum Gasteiger partial charge on any atom is 0.258 e. The van der Waals surface area contributed by atoms with Gasteiger partial charge in [-0.05, 0) is 43.7 Å². The van der Waals surface area contributed by atoms with Crippen LogP contribution in [0.25, 0.3) is 10.9 Å². The zero-order chi connectivity index (χ0) is 18.2. The van der Waals surface area contributed by atoms with Crippen molar-refractivity contribution in [1.29, 1.82) is 0 Å². The summed E-state index contributed by atoms with van der Waals surface area (Å²) in [5, 5.41) is 14.2. The molecule has 1 fully saturated rings. The van der Waals surface area contributed by atoms with E-state index >= 15 is 0 Å². The normalized spacial score (nSPS) is 17.2. The summed E-state index contributed by atoms with van der Waals surface area (Å²) < 4.78 is 0. The quantitative estimate of drug-likeness (QED) is 0.706. The molecule has 3 aromatic rings. The highest BCUT2D eigenvalue weighted by molar-refractivity contribution is 7.15. The van der Waals surface area contributed by atoms with Crippen molar-refractivity contribution in [2.75, 3.05) is 5.32 Å². The zero-order valence-electron chi connectivity index (χ0n) is 15.2. The van der Waals surface area contributed by atoms with Gasteiger partial charge in [-0.2, -0.15) is 0 Å². The summed E-state index contributed by atoms with van der Waals surface area (Å²) in [5.41, 5.74) is 3.83. The van der Waals surface area contributed by atoms with E-state index in [1.807, 2.05) is 24.3 Å². The van der Waals surface area contributed by atoms with Crippen molar-refractivity contribution < 1.29 is 4.79 Å².